The quantitative estimate of drug-likeness (QED) is 0.826. The highest BCUT2D eigenvalue weighted by Crippen LogP contribution is 2.48. The van der Waals surface area contributed by atoms with E-state index in [0.29, 0.717) is 6.61 Å². The zero-order chi connectivity index (χ0) is 11.6. The second-order valence-electron chi connectivity index (χ2n) is 4.83. The van der Waals surface area contributed by atoms with Crippen LogP contribution in [-0.4, -0.2) is 18.8 Å². The molecule has 1 saturated carbocycles. The number of aliphatic hydroxyl groups is 1. The van der Waals surface area contributed by atoms with Gasteiger partial charge in [-0.3, -0.25) is 0 Å². The Balaban J connectivity index is 2.23. The van der Waals surface area contributed by atoms with Crippen molar-refractivity contribution < 1.29 is 9.84 Å². The molecule has 0 atom stereocenters. The molecule has 88 valence electrons. The number of aliphatic hydroxyl groups excluding tert-OH is 1. The van der Waals surface area contributed by atoms with Crippen molar-refractivity contribution in [3.8, 4) is 5.75 Å². The van der Waals surface area contributed by atoms with Gasteiger partial charge in [0.05, 0.1) is 7.11 Å². The molecule has 1 aromatic carbocycles. The maximum atomic E-state index is 9.37. The number of hydrogen-bond donors (Lipinski definition) is 1. The minimum Gasteiger partial charge on any atom is -0.496 e. The molecule has 0 aromatic heterocycles. The Morgan fingerprint density at radius 1 is 1.38 bits per heavy atom. The largest absolute Gasteiger partial charge is 0.496 e. The van der Waals surface area contributed by atoms with Gasteiger partial charge in [0.2, 0.25) is 0 Å². The SMILES string of the molecule is CCc1ccc(OC)c(CC2(CO)CC2)c1. The maximum Gasteiger partial charge on any atom is 0.122 e. The molecule has 0 bridgehead atoms. The number of rotatable bonds is 5. The van der Waals surface area contributed by atoms with Crippen molar-refractivity contribution in [2.75, 3.05) is 13.7 Å². The molecule has 0 saturated heterocycles. The van der Waals surface area contributed by atoms with E-state index in [1.807, 2.05) is 6.07 Å². The van der Waals surface area contributed by atoms with Crippen molar-refractivity contribution in [1.29, 1.82) is 0 Å². The average Bonchev–Trinajstić information content (AvgIpc) is 3.09. The lowest BCUT2D eigenvalue weighted by Crippen LogP contribution is -2.11. The van der Waals surface area contributed by atoms with E-state index in [1.165, 1.54) is 11.1 Å². The highest BCUT2D eigenvalue weighted by molar-refractivity contribution is 5.38. The molecule has 1 aliphatic rings. The summed E-state index contributed by atoms with van der Waals surface area (Å²) in [7, 11) is 1.71. The van der Waals surface area contributed by atoms with E-state index in [1.54, 1.807) is 7.11 Å². The summed E-state index contributed by atoms with van der Waals surface area (Å²) in [4.78, 5) is 0. The van der Waals surface area contributed by atoms with E-state index in [2.05, 4.69) is 19.1 Å². The summed E-state index contributed by atoms with van der Waals surface area (Å²) in [5, 5.41) is 9.37. The molecule has 0 radical (unpaired) electrons. The molecule has 0 aliphatic heterocycles. The van der Waals surface area contributed by atoms with Crippen LogP contribution in [0.25, 0.3) is 0 Å². The van der Waals surface area contributed by atoms with Crippen LogP contribution < -0.4 is 4.74 Å². The monoisotopic (exact) mass is 220 g/mol. The number of ether oxygens (including phenoxy) is 1. The van der Waals surface area contributed by atoms with E-state index in [4.69, 9.17) is 4.74 Å². The number of methoxy groups -OCH3 is 1. The van der Waals surface area contributed by atoms with Gasteiger partial charge in [0.25, 0.3) is 0 Å². The first-order valence-electron chi connectivity index (χ1n) is 6.00. The topological polar surface area (TPSA) is 29.5 Å². The molecule has 1 N–H and O–H groups in total. The zero-order valence-electron chi connectivity index (χ0n) is 10.1. The van der Waals surface area contributed by atoms with Crippen molar-refractivity contribution in [2.45, 2.75) is 32.6 Å². The third-order valence-corrected chi connectivity index (χ3v) is 3.61. The smallest absolute Gasteiger partial charge is 0.122 e. The Morgan fingerprint density at radius 2 is 2.12 bits per heavy atom. The molecule has 16 heavy (non-hydrogen) atoms. The van der Waals surface area contributed by atoms with Crippen molar-refractivity contribution in [1.82, 2.24) is 0 Å². The Hall–Kier alpha value is -1.02. The fraction of sp³-hybridized carbons (Fsp3) is 0.571. The number of benzene rings is 1. The predicted octanol–water partition coefficient (Wildman–Crippen LogP) is 2.57. The highest BCUT2D eigenvalue weighted by atomic mass is 16.5. The molecular weight excluding hydrogens is 200 g/mol. The number of aryl methyl sites for hydroxylation is 1. The highest BCUT2D eigenvalue weighted by Gasteiger charge is 2.42. The van der Waals surface area contributed by atoms with Crippen molar-refractivity contribution in [2.24, 2.45) is 5.41 Å². The van der Waals surface area contributed by atoms with Crippen LogP contribution in [0, 0.1) is 5.41 Å². The molecular formula is C14H20O2. The van der Waals surface area contributed by atoms with Crippen LogP contribution in [0.15, 0.2) is 18.2 Å². The minimum atomic E-state index is 0.152. The molecule has 2 heteroatoms. The third kappa shape index (κ3) is 2.22. The van der Waals surface area contributed by atoms with Gasteiger partial charge in [-0.2, -0.15) is 0 Å². The first-order valence-corrected chi connectivity index (χ1v) is 6.00. The van der Waals surface area contributed by atoms with Crippen molar-refractivity contribution in [3.63, 3.8) is 0 Å². The second-order valence-corrected chi connectivity index (χ2v) is 4.83. The van der Waals surface area contributed by atoms with Gasteiger partial charge < -0.3 is 9.84 Å². The fourth-order valence-electron chi connectivity index (χ4n) is 2.16. The van der Waals surface area contributed by atoms with E-state index >= 15 is 0 Å². The Labute approximate surface area is 97.3 Å². The van der Waals surface area contributed by atoms with Gasteiger partial charge in [0, 0.05) is 6.61 Å². The Morgan fingerprint density at radius 3 is 2.62 bits per heavy atom. The maximum absolute atomic E-state index is 9.37. The van der Waals surface area contributed by atoms with Crippen LogP contribution in [0.2, 0.25) is 0 Å². The lowest BCUT2D eigenvalue weighted by molar-refractivity contribution is 0.210. The molecule has 0 spiro atoms. The lowest BCUT2D eigenvalue weighted by Gasteiger charge is -2.15. The zero-order valence-corrected chi connectivity index (χ0v) is 10.1. The van der Waals surface area contributed by atoms with Gasteiger partial charge >= 0.3 is 0 Å². The lowest BCUT2D eigenvalue weighted by atomic mass is 9.95. The molecule has 0 heterocycles. The van der Waals surface area contributed by atoms with Crippen LogP contribution in [-0.2, 0) is 12.8 Å². The van der Waals surface area contributed by atoms with E-state index in [9.17, 15) is 5.11 Å². The fourth-order valence-corrected chi connectivity index (χ4v) is 2.16. The number of hydrogen-bond acceptors (Lipinski definition) is 2. The third-order valence-electron chi connectivity index (χ3n) is 3.61. The molecule has 1 aromatic rings. The van der Waals surface area contributed by atoms with Gasteiger partial charge in [-0.15, -0.1) is 0 Å². The summed E-state index contributed by atoms with van der Waals surface area (Å²) >= 11 is 0. The van der Waals surface area contributed by atoms with Gasteiger partial charge in [-0.1, -0.05) is 19.1 Å². The minimum absolute atomic E-state index is 0.152. The molecule has 1 fully saturated rings. The summed E-state index contributed by atoms with van der Waals surface area (Å²) in [6.45, 7) is 2.46. The standard InChI is InChI=1S/C14H20O2/c1-3-11-4-5-13(16-2)12(8-11)9-14(10-15)6-7-14/h4-5,8,15H,3,6-7,9-10H2,1-2H3. The Kier molecular flexibility index (Phi) is 3.20. The van der Waals surface area contributed by atoms with E-state index in [0.717, 1.165) is 31.4 Å². The summed E-state index contributed by atoms with van der Waals surface area (Å²) < 4.78 is 5.38. The van der Waals surface area contributed by atoms with Crippen molar-refractivity contribution >= 4 is 0 Å². The van der Waals surface area contributed by atoms with Crippen LogP contribution in [0.5, 0.6) is 5.75 Å². The summed E-state index contributed by atoms with van der Waals surface area (Å²) in [5.74, 6) is 0.955. The molecule has 0 unspecified atom stereocenters. The van der Waals surface area contributed by atoms with Crippen molar-refractivity contribution in [3.05, 3.63) is 29.3 Å². The van der Waals surface area contributed by atoms with E-state index in [-0.39, 0.29) is 5.41 Å². The first-order chi connectivity index (χ1) is 7.73. The normalized spacial score (nSPS) is 17.2. The molecule has 2 nitrogen and oxygen atoms in total. The Bertz CT molecular complexity index is 367. The second kappa shape index (κ2) is 4.46. The average molecular weight is 220 g/mol. The summed E-state index contributed by atoms with van der Waals surface area (Å²) in [6, 6.07) is 6.37. The van der Waals surface area contributed by atoms with Crippen LogP contribution in [0.3, 0.4) is 0 Å². The van der Waals surface area contributed by atoms with Crippen LogP contribution in [0.4, 0.5) is 0 Å². The van der Waals surface area contributed by atoms with Crippen LogP contribution >= 0.6 is 0 Å². The van der Waals surface area contributed by atoms with Gasteiger partial charge in [0.1, 0.15) is 5.75 Å². The molecule has 2 rings (SSSR count). The first kappa shape index (κ1) is 11.5. The predicted molar refractivity (Wildman–Crippen MR) is 64.8 cm³/mol. The summed E-state index contributed by atoms with van der Waals surface area (Å²) in [6.07, 6.45) is 4.27. The van der Waals surface area contributed by atoms with E-state index < -0.39 is 0 Å². The van der Waals surface area contributed by atoms with Gasteiger partial charge in [-0.05, 0) is 48.3 Å². The van der Waals surface area contributed by atoms with Crippen LogP contribution in [0.1, 0.15) is 30.9 Å². The summed E-state index contributed by atoms with van der Waals surface area (Å²) in [5.41, 5.74) is 2.73. The van der Waals surface area contributed by atoms with Gasteiger partial charge in [-0.25, -0.2) is 0 Å². The molecule has 1 aliphatic carbocycles. The molecule has 0 amide bonds. The van der Waals surface area contributed by atoms with Gasteiger partial charge in [0.15, 0.2) is 0 Å².